The maximum absolute atomic E-state index is 5.27. The van der Waals surface area contributed by atoms with Gasteiger partial charge in [0.25, 0.3) is 0 Å². The second kappa shape index (κ2) is 7.64. The van der Waals surface area contributed by atoms with Crippen molar-refractivity contribution in [1.29, 1.82) is 0 Å². The van der Waals surface area contributed by atoms with Crippen LogP contribution in [0, 0.1) is 12.8 Å². The Morgan fingerprint density at radius 3 is 2.39 bits per heavy atom. The zero-order valence-electron chi connectivity index (χ0n) is 19.3. The summed E-state index contributed by atoms with van der Waals surface area (Å²) in [5.41, 5.74) is 11.9. The molecule has 0 radical (unpaired) electrons. The SMILES string of the molecule is Cc1cc2c(c(-c3nc(C(C)C)cc4ccc(CC(C)C)cc34)c1)Cc1ccccc1-2. The van der Waals surface area contributed by atoms with Crippen LogP contribution in [0.2, 0.25) is 0 Å². The quantitative estimate of drug-likeness (QED) is 0.294. The second-order valence-electron chi connectivity index (χ2n) is 9.88. The first-order valence-electron chi connectivity index (χ1n) is 11.6. The number of fused-ring (bicyclic) bond motifs is 4. The predicted octanol–water partition coefficient (Wildman–Crippen LogP) is 8.10. The molecular weight excluding hydrogens is 374 g/mol. The number of benzene rings is 3. The Kier molecular flexibility index (Phi) is 4.93. The highest BCUT2D eigenvalue weighted by atomic mass is 14.7. The zero-order valence-corrected chi connectivity index (χ0v) is 19.3. The van der Waals surface area contributed by atoms with Crippen LogP contribution >= 0.6 is 0 Å². The van der Waals surface area contributed by atoms with E-state index in [0.29, 0.717) is 11.8 Å². The largest absolute Gasteiger partial charge is 0.252 e. The molecule has 0 atom stereocenters. The predicted molar refractivity (Wildman–Crippen MR) is 133 cm³/mol. The van der Waals surface area contributed by atoms with Crippen LogP contribution in [0.25, 0.3) is 33.2 Å². The van der Waals surface area contributed by atoms with Crippen LogP contribution in [-0.2, 0) is 12.8 Å². The highest BCUT2D eigenvalue weighted by molar-refractivity contribution is 5.98. The molecule has 4 aromatic rings. The van der Waals surface area contributed by atoms with Crippen LogP contribution in [0.5, 0.6) is 0 Å². The van der Waals surface area contributed by atoms with Crippen LogP contribution in [0.1, 0.15) is 61.6 Å². The highest BCUT2D eigenvalue weighted by Crippen LogP contribution is 2.43. The van der Waals surface area contributed by atoms with Crippen LogP contribution in [0.3, 0.4) is 0 Å². The summed E-state index contributed by atoms with van der Waals surface area (Å²) in [4.78, 5) is 5.27. The van der Waals surface area contributed by atoms with Crippen molar-refractivity contribution >= 4 is 10.8 Å². The van der Waals surface area contributed by atoms with Gasteiger partial charge in [-0.25, -0.2) is 0 Å². The van der Waals surface area contributed by atoms with Crippen molar-refractivity contribution in [3.05, 3.63) is 88.6 Å². The molecule has 3 aromatic carbocycles. The Morgan fingerprint density at radius 2 is 1.61 bits per heavy atom. The van der Waals surface area contributed by atoms with Gasteiger partial charge in [-0.3, -0.25) is 4.98 Å². The Labute approximate surface area is 186 Å². The van der Waals surface area contributed by atoms with E-state index < -0.39 is 0 Å². The number of rotatable bonds is 4. The van der Waals surface area contributed by atoms with Gasteiger partial charge in [0.1, 0.15) is 0 Å². The molecule has 0 N–H and O–H groups in total. The van der Waals surface area contributed by atoms with Gasteiger partial charge >= 0.3 is 0 Å². The van der Waals surface area contributed by atoms with E-state index in [1.807, 2.05) is 0 Å². The van der Waals surface area contributed by atoms with Crippen molar-refractivity contribution in [1.82, 2.24) is 4.98 Å². The van der Waals surface area contributed by atoms with Gasteiger partial charge in [0.05, 0.1) is 5.69 Å². The molecule has 0 aliphatic heterocycles. The molecule has 0 fully saturated rings. The minimum atomic E-state index is 0.397. The molecule has 0 unspecified atom stereocenters. The lowest BCUT2D eigenvalue weighted by atomic mass is 9.91. The van der Waals surface area contributed by atoms with Gasteiger partial charge in [-0.05, 0) is 88.6 Å². The number of nitrogens with zero attached hydrogens (tertiary/aromatic N) is 1. The van der Waals surface area contributed by atoms with E-state index in [-0.39, 0.29) is 0 Å². The maximum Gasteiger partial charge on any atom is 0.0787 e. The molecule has 1 heterocycles. The molecule has 1 heteroatoms. The molecule has 1 aromatic heterocycles. The van der Waals surface area contributed by atoms with Crippen molar-refractivity contribution < 1.29 is 0 Å². The summed E-state index contributed by atoms with van der Waals surface area (Å²) >= 11 is 0. The molecule has 0 amide bonds. The van der Waals surface area contributed by atoms with E-state index in [9.17, 15) is 0 Å². The number of aromatic nitrogens is 1. The Bertz CT molecular complexity index is 1290. The van der Waals surface area contributed by atoms with Gasteiger partial charge in [-0.1, -0.05) is 70.2 Å². The van der Waals surface area contributed by atoms with Gasteiger partial charge in [-0.15, -0.1) is 0 Å². The molecule has 0 saturated heterocycles. The van der Waals surface area contributed by atoms with Crippen molar-refractivity contribution in [3.63, 3.8) is 0 Å². The van der Waals surface area contributed by atoms with E-state index in [4.69, 9.17) is 4.98 Å². The number of hydrogen-bond donors (Lipinski definition) is 0. The smallest absolute Gasteiger partial charge is 0.0787 e. The summed E-state index contributed by atoms with van der Waals surface area (Å²) in [6, 6.07) is 22.8. The van der Waals surface area contributed by atoms with Crippen molar-refractivity contribution in [3.8, 4) is 22.4 Å². The lowest BCUT2D eigenvalue weighted by Crippen LogP contribution is -2.00. The van der Waals surface area contributed by atoms with E-state index in [1.165, 1.54) is 55.4 Å². The first kappa shape index (κ1) is 20.0. The summed E-state index contributed by atoms with van der Waals surface area (Å²) in [5, 5.41) is 2.58. The molecule has 156 valence electrons. The Balaban J connectivity index is 1.79. The first-order valence-corrected chi connectivity index (χ1v) is 11.6. The lowest BCUT2D eigenvalue weighted by molar-refractivity contribution is 0.648. The minimum Gasteiger partial charge on any atom is -0.252 e. The molecule has 0 spiro atoms. The zero-order chi connectivity index (χ0) is 21.7. The summed E-state index contributed by atoms with van der Waals surface area (Å²) in [7, 11) is 0. The fourth-order valence-corrected chi connectivity index (χ4v) is 5.00. The van der Waals surface area contributed by atoms with Gasteiger partial charge < -0.3 is 0 Å². The molecule has 31 heavy (non-hydrogen) atoms. The standard InChI is InChI=1S/C30H31N/c1-18(2)12-21-10-11-23-17-29(19(3)4)31-30(25(23)15-21)28-14-20(5)13-26-24-9-7-6-8-22(24)16-27(26)28/h6-11,13-15,17-19H,12,16H2,1-5H3. The highest BCUT2D eigenvalue weighted by Gasteiger charge is 2.24. The second-order valence-corrected chi connectivity index (χ2v) is 9.88. The average molecular weight is 406 g/mol. The van der Waals surface area contributed by atoms with Gasteiger partial charge in [0.2, 0.25) is 0 Å². The third kappa shape index (κ3) is 3.57. The first-order chi connectivity index (χ1) is 14.9. The lowest BCUT2D eigenvalue weighted by Gasteiger charge is -2.17. The molecule has 1 nitrogen and oxygen atoms in total. The summed E-state index contributed by atoms with van der Waals surface area (Å²) in [5.74, 6) is 1.04. The van der Waals surface area contributed by atoms with Crippen LogP contribution < -0.4 is 0 Å². The fourth-order valence-electron chi connectivity index (χ4n) is 5.00. The van der Waals surface area contributed by atoms with Gasteiger partial charge in [0.15, 0.2) is 0 Å². The fraction of sp³-hybridized carbons (Fsp3) is 0.300. The van der Waals surface area contributed by atoms with Crippen LogP contribution in [0.15, 0.2) is 60.7 Å². The molecule has 5 rings (SSSR count). The van der Waals surface area contributed by atoms with E-state index in [2.05, 4.69) is 95.3 Å². The molecular formula is C30H31N. The van der Waals surface area contributed by atoms with E-state index in [0.717, 1.165) is 18.5 Å². The average Bonchev–Trinajstić information content (AvgIpc) is 3.10. The topological polar surface area (TPSA) is 12.9 Å². The monoisotopic (exact) mass is 405 g/mol. The van der Waals surface area contributed by atoms with Crippen molar-refractivity contribution in [2.45, 2.75) is 53.4 Å². The van der Waals surface area contributed by atoms with E-state index in [1.54, 1.807) is 0 Å². The summed E-state index contributed by atoms with van der Waals surface area (Å²) in [6.45, 7) is 11.3. The maximum atomic E-state index is 5.27. The normalized spacial score (nSPS) is 12.6. The minimum absolute atomic E-state index is 0.397. The van der Waals surface area contributed by atoms with Gasteiger partial charge in [-0.2, -0.15) is 0 Å². The number of aryl methyl sites for hydroxylation is 1. The molecule has 0 bridgehead atoms. The number of hydrogen-bond acceptors (Lipinski definition) is 1. The number of pyridine rings is 1. The summed E-state index contributed by atoms with van der Waals surface area (Å²) < 4.78 is 0. The Hall–Kier alpha value is -2.93. The van der Waals surface area contributed by atoms with Crippen LogP contribution in [-0.4, -0.2) is 4.98 Å². The van der Waals surface area contributed by atoms with Crippen molar-refractivity contribution in [2.75, 3.05) is 0 Å². The van der Waals surface area contributed by atoms with Crippen molar-refractivity contribution in [2.24, 2.45) is 5.92 Å². The third-order valence-corrected chi connectivity index (χ3v) is 6.48. The van der Waals surface area contributed by atoms with E-state index >= 15 is 0 Å². The molecule has 0 saturated carbocycles. The molecule has 1 aliphatic carbocycles. The Morgan fingerprint density at radius 1 is 0.839 bits per heavy atom. The third-order valence-electron chi connectivity index (χ3n) is 6.48. The van der Waals surface area contributed by atoms with Crippen LogP contribution in [0.4, 0.5) is 0 Å². The van der Waals surface area contributed by atoms with Gasteiger partial charge in [0, 0.05) is 16.6 Å². The summed E-state index contributed by atoms with van der Waals surface area (Å²) in [6.07, 6.45) is 2.08. The molecule has 1 aliphatic rings.